The third kappa shape index (κ3) is 7.78. The summed E-state index contributed by atoms with van der Waals surface area (Å²) in [6.07, 6.45) is 5.50. The molecule has 1 saturated heterocycles. The number of hydrogen-bond acceptors (Lipinski definition) is 3. The number of nitrogens with one attached hydrogen (secondary N) is 2. The third-order valence-corrected chi connectivity index (χ3v) is 4.60. The van der Waals surface area contributed by atoms with Crippen LogP contribution in [0, 0.1) is 0 Å². The molecule has 1 fully saturated rings. The van der Waals surface area contributed by atoms with E-state index in [9.17, 15) is 0 Å². The van der Waals surface area contributed by atoms with Gasteiger partial charge in [-0.1, -0.05) is 18.9 Å². The van der Waals surface area contributed by atoms with Crippen LogP contribution in [0.4, 0.5) is 0 Å². The van der Waals surface area contributed by atoms with Crippen molar-refractivity contribution in [2.24, 2.45) is 4.99 Å². The maximum Gasteiger partial charge on any atom is 0.191 e. The Hall–Kier alpha value is -0.340. The van der Waals surface area contributed by atoms with E-state index in [1.54, 1.807) is 11.3 Å². The SMILES string of the molecule is CCNC(=NCc1cccs1)NCCN1CCCCCC1.I. The lowest BCUT2D eigenvalue weighted by Gasteiger charge is -2.20. The second-order valence-electron chi connectivity index (χ2n) is 5.46. The van der Waals surface area contributed by atoms with Crippen LogP contribution in [0.1, 0.15) is 37.5 Å². The number of thiophene rings is 1. The van der Waals surface area contributed by atoms with Crippen molar-refractivity contribution in [1.29, 1.82) is 0 Å². The van der Waals surface area contributed by atoms with Crippen LogP contribution < -0.4 is 10.6 Å². The minimum absolute atomic E-state index is 0. The second-order valence-corrected chi connectivity index (χ2v) is 6.49. The third-order valence-electron chi connectivity index (χ3n) is 3.74. The van der Waals surface area contributed by atoms with Gasteiger partial charge in [0.15, 0.2) is 5.96 Å². The van der Waals surface area contributed by atoms with Crippen LogP contribution in [-0.4, -0.2) is 43.6 Å². The molecule has 1 aromatic rings. The van der Waals surface area contributed by atoms with Gasteiger partial charge in [-0.25, -0.2) is 4.99 Å². The van der Waals surface area contributed by atoms with Gasteiger partial charge in [-0.3, -0.25) is 0 Å². The van der Waals surface area contributed by atoms with Crippen LogP contribution in [0.2, 0.25) is 0 Å². The molecule has 2 N–H and O–H groups in total. The van der Waals surface area contributed by atoms with Crippen LogP contribution in [0.5, 0.6) is 0 Å². The molecule has 0 saturated carbocycles. The molecule has 0 radical (unpaired) electrons. The molecule has 1 aliphatic rings. The maximum atomic E-state index is 4.64. The van der Waals surface area contributed by atoms with Crippen LogP contribution in [0.15, 0.2) is 22.5 Å². The number of likely N-dealkylation sites (tertiary alicyclic amines) is 1. The summed E-state index contributed by atoms with van der Waals surface area (Å²) in [5.41, 5.74) is 0. The first-order valence-corrected chi connectivity index (χ1v) is 9.03. The number of nitrogens with zero attached hydrogens (tertiary/aromatic N) is 2. The van der Waals surface area contributed by atoms with Crippen molar-refractivity contribution in [3.8, 4) is 0 Å². The highest BCUT2D eigenvalue weighted by Gasteiger charge is 2.08. The van der Waals surface area contributed by atoms with Gasteiger partial charge < -0.3 is 15.5 Å². The second kappa shape index (κ2) is 12.1. The highest BCUT2D eigenvalue weighted by atomic mass is 127. The van der Waals surface area contributed by atoms with Crippen molar-refractivity contribution < 1.29 is 0 Å². The topological polar surface area (TPSA) is 39.7 Å². The summed E-state index contributed by atoms with van der Waals surface area (Å²) in [4.78, 5) is 8.52. The Labute approximate surface area is 155 Å². The first kappa shape index (κ1) is 19.7. The van der Waals surface area contributed by atoms with E-state index < -0.39 is 0 Å². The molecule has 1 aromatic heterocycles. The van der Waals surface area contributed by atoms with Gasteiger partial charge in [-0.2, -0.15) is 0 Å². The molecular weight excluding hydrogens is 407 g/mol. The van der Waals surface area contributed by atoms with Crippen molar-refractivity contribution in [3.05, 3.63) is 22.4 Å². The Morgan fingerprint density at radius 2 is 2.00 bits per heavy atom. The van der Waals surface area contributed by atoms with Gasteiger partial charge in [0, 0.05) is 24.5 Å². The number of guanidine groups is 1. The average molecular weight is 436 g/mol. The minimum Gasteiger partial charge on any atom is -0.357 e. The summed E-state index contributed by atoms with van der Waals surface area (Å²) in [7, 11) is 0. The van der Waals surface area contributed by atoms with E-state index >= 15 is 0 Å². The zero-order valence-corrected chi connectivity index (χ0v) is 16.7. The molecule has 2 rings (SSSR count). The number of rotatable bonds is 6. The summed E-state index contributed by atoms with van der Waals surface area (Å²) in [6.45, 7) is 8.36. The molecule has 2 heterocycles. The summed E-state index contributed by atoms with van der Waals surface area (Å²) >= 11 is 1.76. The maximum absolute atomic E-state index is 4.64. The molecule has 1 aliphatic heterocycles. The summed E-state index contributed by atoms with van der Waals surface area (Å²) in [5, 5.41) is 8.87. The lowest BCUT2D eigenvalue weighted by molar-refractivity contribution is 0.289. The Kier molecular flexibility index (Phi) is 10.9. The first-order valence-electron chi connectivity index (χ1n) is 8.15. The van der Waals surface area contributed by atoms with E-state index in [0.29, 0.717) is 0 Å². The average Bonchev–Trinajstić information content (AvgIpc) is 2.88. The highest BCUT2D eigenvalue weighted by molar-refractivity contribution is 14.0. The summed E-state index contributed by atoms with van der Waals surface area (Å²) in [5.74, 6) is 0.931. The zero-order chi connectivity index (χ0) is 14.8. The molecule has 0 amide bonds. The van der Waals surface area contributed by atoms with E-state index in [-0.39, 0.29) is 24.0 Å². The molecule has 4 nitrogen and oxygen atoms in total. The minimum atomic E-state index is 0. The van der Waals surface area contributed by atoms with E-state index in [4.69, 9.17) is 0 Å². The van der Waals surface area contributed by atoms with E-state index in [1.807, 2.05) is 0 Å². The number of halogens is 1. The smallest absolute Gasteiger partial charge is 0.191 e. The molecule has 0 aliphatic carbocycles. The molecule has 22 heavy (non-hydrogen) atoms. The fraction of sp³-hybridized carbons (Fsp3) is 0.688. The van der Waals surface area contributed by atoms with Gasteiger partial charge in [-0.05, 0) is 44.3 Å². The largest absolute Gasteiger partial charge is 0.357 e. The molecule has 126 valence electrons. The lowest BCUT2D eigenvalue weighted by Crippen LogP contribution is -2.41. The van der Waals surface area contributed by atoms with Crippen LogP contribution in [0.25, 0.3) is 0 Å². The Bertz CT molecular complexity index is 400. The summed E-state index contributed by atoms with van der Waals surface area (Å²) in [6, 6.07) is 4.21. The standard InChI is InChI=1S/C16H28N4S.HI/c1-2-17-16(19-14-15-8-7-13-21-15)18-9-12-20-10-5-3-4-6-11-20;/h7-8,13H,2-6,9-12,14H2,1H3,(H2,17,18,19);1H. The molecule has 0 spiro atoms. The Balaban J connectivity index is 0.00000242. The number of aliphatic imine (C=N–C) groups is 1. The number of hydrogen-bond donors (Lipinski definition) is 2. The van der Waals surface area contributed by atoms with Crippen LogP contribution in [0.3, 0.4) is 0 Å². The van der Waals surface area contributed by atoms with Crippen molar-refractivity contribution >= 4 is 41.3 Å². The first-order chi connectivity index (χ1) is 10.4. The van der Waals surface area contributed by atoms with Gasteiger partial charge in [0.05, 0.1) is 6.54 Å². The molecule has 0 atom stereocenters. The lowest BCUT2D eigenvalue weighted by atomic mass is 10.2. The highest BCUT2D eigenvalue weighted by Crippen LogP contribution is 2.09. The quantitative estimate of drug-likeness (QED) is 0.409. The zero-order valence-electron chi connectivity index (χ0n) is 13.5. The van der Waals surface area contributed by atoms with Gasteiger partial charge >= 0.3 is 0 Å². The molecule has 0 unspecified atom stereocenters. The van der Waals surface area contributed by atoms with Crippen molar-refractivity contribution in [3.63, 3.8) is 0 Å². The fourth-order valence-electron chi connectivity index (χ4n) is 2.59. The normalized spacial score (nSPS) is 16.7. The van der Waals surface area contributed by atoms with E-state index in [2.05, 4.69) is 45.0 Å². The predicted molar refractivity (Wildman–Crippen MR) is 107 cm³/mol. The van der Waals surface area contributed by atoms with Crippen LogP contribution in [-0.2, 0) is 6.54 Å². The molecular formula is C16H29IN4S. The van der Waals surface area contributed by atoms with Crippen molar-refractivity contribution in [2.75, 3.05) is 32.7 Å². The molecule has 6 heteroatoms. The van der Waals surface area contributed by atoms with E-state index in [1.165, 1.54) is 43.6 Å². The Morgan fingerprint density at radius 1 is 1.23 bits per heavy atom. The van der Waals surface area contributed by atoms with Crippen LogP contribution >= 0.6 is 35.3 Å². The summed E-state index contributed by atoms with van der Waals surface area (Å²) < 4.78 is 0. The van der Waals surface area contributed by atoms with Gasteiger partial charge in [0.2, 0.25) is 0 Å². The van der Waals surface area contributed by atoms with Gasteiger partial charge in [-0.15, -0.1) is 35.3 Å². The molecule has 0 aromatic carbocycles. The monoisotopic (exact) mass is 436 g/mol. The fourth-order valence-corrected chi connectivity index (χ4v) is 3.22. The molecule has 0 bridgehead atoms. The van der Waals surface area contributed by atoms with Crippen molar-refractivity contribution in [2.45, 2.75) is 39.2 Å². The Morgan fingerprint density at radius 3 is 2.64 bits per heavy atom. The van der Waals surface area contributed by atoms with E-state index in [0.717, 1.165) is 32.1 Å². The van der Waals surface area contributed by atoms with Gasteiger partial charge in [0.1, 0.15) is 0 Å². The van der Waals surface area contributed by atoms with Gasteiger partial charge in [0.25, 0.3) is 0 Å². The predicted octanol–water partition coefficient (Wildman–Crippen LogP) is 3.30. The van der Waals surface area contributed by atoms with Crippen molar-refractivity contribution in [1.82, 2.24) is 15.5 Å².